The molecule has 2 rings (SSSR count). The van der Waals surface area contributed by atoms with Crippen LogP contribution in [0.5, 0.6) is 0 Å². The van der Waals surface area contributed by atoms with Crippen LogP contribution in [0.25, 0.3) is 0 Å². The Hall–Kier alpha value is -1.25. The van der Waals surface area contributed by atoms with E-state index >= 15 is 0 Å². The molecule has 0 bridgehead atoms. The van der Waals surface area contributed by atoms with E-state index in [1.807, 2.05) is 25.1 Å². The van der Waals surface area contributed by atoms with Gasteiger partial charge in [-0.25, -0.2) is 0 Å². The van der Waals surface area contributed by atoms with Gasteiger partial charge < -0.3 is 5.32 Å². The summed E-state index contributed by atoms with van der Waals surface area (Å²) in [6.07, 6.45) is 2.84. The van der Waals surface area contributed by atoms with Gasteiger partial charge in [0.05, 0.1) is 6.04 Å². The predicted octanol–water partition coefficient (Wildman–Crippen LogP) is 5.44. The number of benzene rings is 1. The van der Waals surface area contributed by atoms with E-state index < -0.39 is 0 Å². The maximum Gasteiger partial charge on any atom is 0.0640 e. The summed E-state index contributed by atoms with van der Waals surface area (Å²) in [6, 6.07) is 10.4. The second kappa shape index (κ2) is 6.07. The number of hydrogen-bond acceptors (Lipinski definition) is 2. The summed E-state index contributed by atoms with van der Waals surface area (Å²) >= 11 is 7.90. The van der Waals surface area contributed by atoms with Crippen LogP contribution in [0.3, 0.4) is 0 Å². The summed E-state index contributed by atoms with van der Waals surface area (Å²) in [6.45, 7) is 5.86. The van der Waals surface area contributed by atoms with Crippen LogP contribution in [0.4, 0.5) is 5.69 Å². The first-order chi connectivity index (χ1) is 8.72. The highest BCUT2D eigenvalue weighted by molar-refractivity contribution is 7.10. The third-order valence-electron chi connectivity index (χ3n) is 2.89. The zero-order valence-electron chi connectivity index (χ0n) is 10.3. The maximum absolute atomic E-state index is 6.14. The summed E-state index contributed by atoms with van der Waals surface area (Å²) in [7, 11) is 0. The predicted molar refractivity (Wildman–Crippen MR) is 81.7 cm³/mol. The van der Waals surface area contributed by atoms with Crippen molar-refractivity contribution in [2.75, 3.05) is 5.32 Å². The molecule has 1 atom stereocenters. The zero-order valence-corrected chi connectivity index (χ0v) is 11.9. The molecule has 0 saturated heterocycles. The topological polar surface area (TPSA) is 12.0 Å². The molecule has 0 aliphatic carbocycles. The van der Waals surface area contributed by atoms with Crippen molar-refractivity contribution in [1.82, 2.24) is 0 Å². The molecular formula is C15H16ClNS. The minimum absolute atomic E-state index is 0.264. The van der Waals surface area contributed by atoms with Crippen molar-refractivity contribution >= 4 is 28.6 Å². The maximum atomic E-state index is 6.14. The van der Waals surface area contributed by atoms with E-state index in [-0.39, 0.29) is 6.04 Å². The lowest BCUT2D eigenvalue weighted by Gasteiger charge is -2.19. The van der Waals surface area contributed by atoms with Gasteiger partial charge >= 0.3 is 0 Å². The normalized spacial score (nSPS) is 12.1. The third-order valence-corrected chi connectivity index (χ3v) is 4.28. The average Bonchev–Trinajstić information content (AvgIpc) is 2.88. The van der Waals surface area contributed by atoms with Gasteiger partial charge in [0.2, 0.25) is 0 Å². The van der Waals surface area contributed by atoms with Crippen molar-refractivity contribution in [2.24, 2.45) is 0 Å². The Balaban J connectivity index is 2.24. The van der Waals surface area contributed by atoms with Gasteiger partial charge in [0.25, 0.3) is 0 Å². The fourth-order valence-electron chi connectivity index (χ4n) is 1.85. The van der Waals surface area contributed by atoms with Crippen LogP contribution >= 0.6 is 22.9 Å². The van der Waals surface area contributed by atoms with Crippen molar-refractivity contribution in [3.05, 3.63) is 63.8 Å². The van der Waals surface area contributed by atoms with Crippen molar-refractivity contribution in [3.63, 3.8) is 0 Å². The molecular weight excluding hydrogens is 262 g/mol. The molecule has 0 aliphatic rings. The Morgan fingerprint density at radius 2 is 2.22 bits per heavy atom. The summed E-state index contributed by atoms with van der Waals surface area (Å²) in [5.41, 5.74) is 2.17. The van der Waals surface area contributed by atoms with Crippen molar-refractivity contribution in [2.45, 2.75) is 19.4 Å². The summed E-state index contributed by atoms with van der Waals surface area (Å²) in [5.74, 6) is 0. The molecule has 0 radical (unpaired) electrons. The van der Waals surface area contributed by atoms with E-state index in [0.717, 1.165) is 22.7 Å². The van der Waals surface area contributed by atoms with Crippen LogP contribution in [0.2, 0.25) is 5.02 Å². The second-order valence-corrected chi connectivity index (χ2v) is 5.54. The smallest absolute Gasteiger partial charge is 0.0640 e. The lowest BCUT2D eigenvalue weighted by atomic mass is 10.1. The highest BCUT2D eigenvalue weighted by Gasteiger charge is 2.12. The number of anilines is 1. The van der Waals surface area contributed by atoms with Gasteiger partial charge in [-0.15, -0.1) is 17.9 Å². The van der Waals surface area contributed by atoms with Crippen molar-refractivity contribution < 1.29 is 0 Å². The average molecular weight is 278 g/mol. The minimum Gasteiger partial charge on any atom is -0.377 e. The summed E-state index contributed by atoms with van der Waals surface area (Å²) < 4.78 is 0. The number of hydrogen-bond donors (Lipinski definition) is 1. The quantitative estimate of drug-likeness (QED) is 0.718. The Morgan fingerprint density at radius 3 is 2.89 bits per heavy atom. The van der Waals surface area contributed by atoms with Crippen LogP contribution in [0, 0.1) is 6.92 Å². The Bertz CT molecular complexity index is 519. The molecule has 2 aromatic rings. The van der Waals surface area contributed by atoms with Crippen LogP contribution in [-0.2, 0) is 0 Å². The molecule has 1 unspecified atom stereocenters. The molecule has 0 aliphatic heterocycles. The SMILES string of the molecule is C=CCC(Nc1cccc(Cl)c1C)c1cccs1. The van der Waals surface area contributed by atoms with Gasteiger partial charge in [0.1, 0.15) is 0 Å². The molecule has 0 amide bonds. The fraction of sp³-hybridized carbons (Fsp3) is 0.200. The van der Waals surface area contributed by atoms with E-state index in [0.29, 0.717) is 0 Å². The van der Waals surface area contributed by atoms with Gasteiger partial charge in [0, 0.05) is 15.6 Å². The first kappa shape index (κ1) is 13.2. The molecule has 94 valence electrons. The van der Waals surface area contributed by atoms with Gasteiger partial charge in [0.15, 0.2) is 0 Å². The highest BCUT2D eigenvalue weighted by atomic mass is 35.5. The fourth-order valence-corrected chi connectivity index (χ4v) is 2.82. The second-order valence-electron chi connectivity index (χ2n) is 4.15. The number of thiophene rings is 1. The van der Waals surface area contributed by atoms with Gasteiger partial charge in [-0.3, -0.25) is 0 Å². The van der Waals surface area contributed by atoms with E-state index in [4.69, 9.17) is 11.6 Å². The monoisotopic (exact) mass is 277 g/mol. The van der Waals surface area contributed by atoms with Gasteiger partial charge in [-0.2, -0.15) is 0 Å². The lowest BCUT2D eigenvalue weighted by Crippen LogP contribution is -2.09. The van der Waals surface area contributed by atoms with Gasteiger partial charge in [-0.1, -0.05) is 29.8 Å². The molecule has 3 heteroatoms. The molecule has 1 nitrogen and oxygen atoms in total. The van der Waals surface area contributed by atoms with Crippen molar-refractivity contribution in [1.29, 1.82) is 0 Å². The number of halogens is 1. The van der Waals surface area contributed by atoms with Gasteiger partial charge in [-0.05, 0) is 42.5 Å². The lowest BCUT2D eigenvalue weighted by molar-refractivity contribution is 0.815. The Morgan fingerprint density at radius 1 is 1.39 bits per heavy atom. The first-order valence-electron chi connectivity index (χ1n) is 5.88. The molecule has 1 aromatic carbocycles. The number of rotatable bonds is 5. The van der Waals surface area contributed by atoms with E-state index in [1.165, 1.54) is 4.88 Å². The molecule has 1 N–H and O–H groups in total. The third kappa shape index (κ3) is 2.95. The van der Waals surface area contributed by atoms with Crippen LogP contribution in [0.15, 0.2) is 48.4 Å². The van der Waals surface area contributed by atoms with Crippen molar-refractivity contribution in [3.8, 4) is 0 Å². The van der Waals surface area contributed by atoms with Crippen LogP contribution < -0.4 is 5.32 Å². The summed E-state index contributed by atoms with van der Waals surface area (Å²) in [4.78, 5) is 1.31. The molecule has 1 aromatic heterocycles. The van der Waals surface area contributed by atoms with E-state index in [2.05, 4.69) is 35.5 Å². The minimum atomic E-state index is 0.264. The molecule has 1 heterocycles. The first-order valence-corrected chi connectivity index (χ1v) is 7.14. The zero-order chi connectivity index (χ0) is 13.0. The molecule has 18 heavy (non-hydrogen) atoms. The molecule has 0 spiro atoms. The van der Waals surface area contributed by atoms with Crippen LogP contribution in [0.1, 0.15) is 22.9 Å². The van der Waals surface area contributed by atoms with E-state index in [1.54, 1.807) is 11.3 Å². The summed E-state index contributed by atoms with van der Waals surface area (Å²) in [5, 5.41) is 6.44. The molecule has 0 fully saturated rings. The highest BCUT2D eigenvalue weighted by Crippen LogP contribution is 2.30. The molecule has 0 saturated carbocycles. The largest absolute Gasteiger partial charge is 0.377 e. The number of nitrogens with one attached hydrogen (secondary N) is 1. The Kier molecular flexibility index (Phi) is 4.45. The van der Waals surface area contributed by atoms with E-state index in [9.17, 15) is 0 Å². The standard InChI is InChI=1S/C15H16ClNS/c1-3-6-14(15-9-5-10-18-15)17-13-8-4-7-12(16)11(13)2/h3-5,7-10,14,17H,1,6H2,2H3. The van der Waals surface area contributed by atoms with Crippen LogP contribution in [-0.4, -0.2) is 0 Å². The Labute approximate surface area is 117 Å².